The first kappa shape index (κ1) is 18.8. The van der Waals surface area contributed by atoms with Gasteiger partial charge in [-0.1, -0.05) is 30.3 Å². The van der Waals surface area contributed by atoms with Gasteiger partial charge in [0.2, 0.25) is 0 Å². The number of H-pyrrole nitrogens is 2. The van der Waals surface area contributed by atoms with E-state index in [1.165, 1.54) is 9.13 Å². The van der Waals surface area contributed by atoms with Crippen molar-refractivity contribution in [2.75, 3.05) is 11.5 Å². The second kappa shape index (κ2) is 6.97. The number of nitrogens with one attached hydrogen (secondary N) is 2. The van der Waals surface area contributed by atoms with Crippen molar-refractivity contribution < 1.29 is 0 Å². The van der Waals surface area contributed by atoms with Crippen LogP contribution in [0.5, 0.6) is 0 Å². The molecule has 0 saturated carbocycles. The maximum absolute atomic E-state index is 12.8. The zero-order valence-corrected chi connectivity index (χ0v) is 16.3. The summed E-state index contributed by atoms with van der Waals surface area (Å²) < 4.78 is 3.32. The molecule has 2 aromatic heterocycles. The number of hydrogen-bond acceptors (Lipinski definition) is 6. The molecule has 0 spiro atoms. The first-order chi connectivity index (χ1) is 12.7. The maximum Gasteiger partial charge on any atom is 0.257 e. The molecule has 0 radical (unpaired) electrons. The molecular weight excluding hydrogens is 384 g/mol. The van der Waals surface area contributed by atoms with Gasteiger partial charge < -0.3 is 20.6 Å². The molecule has 3 rings (SSSR count). The van der Waals surface area contributed by atoms with Crippen molar-refractivity contribution in [3.8, 4) is 0 Å². The predicted molar refractivity (Wildman–Crippen MR) is 110 cm³/mol. The third kappa shape index (κ3) is 3.13. The van der Waals surface area contributed by atoms with Gasteiger partial charge in [0.25, 0.3) is 11.1 Å². The Morgan fingerprint density at radius 1 is 0.852 bits per heavy atom. The Morgan fingerprint density at radius 3 is 1.67 bits per heavy atom. The number of nitrogens with two attached hydrogens (primary N) is 2. The molecule has 2 heterocycles. The molecule has 0 aliphatic rings. The van der Waals surface area contributed by atoms with E-state index in [1.54, 1.807) is 38.4 Å². The van der Waals surface area contributed by atoms with Gasteiger partial charge in [0.1, 0.15) is 11.6 Å². The van der Waals surface area contributed by atoms with Crippen LogP contribution in [0, 0.1) is 9.54 Å². The lowest BCUT2D eigenvalue weighted by molar-refractivity contribution is 0.778. The van der Waals surface area contributed by atoms with Crippen LogP contribution in [0.2, 0.25) is 0 Å². The number of benzene rings is 1. The summed E-state index contributed by atoms with van der Waals surface area (Å²) in [6.45, 7) is 0. The topological polar surface area (TPSA) is 128 Å². The van der Waals surface area contributed by atoms with Crippen LogP contribution >= 0.6 is 24.4 Å². The highest BCUT2D eigenvalue weighted by atomic mass is 32.1. The zero-order valence-electron chi connectivity index (χ0n) is 14.6. The Balaban J connectivity index is 2.49. The molecule has 10 heteroatoms. The molecule has 0 aliphatic carbocycles. The fourth-order valence-corrected chi connectivity index (χ4v) is 3.37. The summed E-state index contributed by atoms with van der Waals surface area (Å²) in [5, 5.41) is 0. The molecule has 27 heavy (non-hydrogen) atoms. The van der Waals surface area contributed by atoms with Gasteiger partial charge in [0, 0.05) is 14.1 Å². The first-order valence-electron chi connectivity index (χ1n) is 7.96. The summed E-state index contributed by atoms with van der Waals surface area (Å²) in [5.74, 6) is -0.495. The van der Waals surface area contributed by atoms with Crippen molar-refractivity contribution in [3.63, 3.8) is 0 Å². The summed E-state index contributed by atoms with van der Waals surface area (Å²) in [5.41, 5.74) is 12.5. The van der Waals surface area contributed by atoms with E-state index in [0.29, 0.717) is 5.56 Å². The van der Waals surface area contributed by atoms with Gasteiger partial charge in [-0.2, -0.15) is 0 Å². The van der Waals surface area contributed by atoms with Crippen LogP contribution in [0.1, 0.15) is 22.6 Å². The molecule has 0 bridgehead atoms. The molecule has 0 aliphatic heterocycles. The quantitative estimate of drug-likeness (QED) is 0.492. The van der Waals surface area contributed by atoms with Gasteiger partial charge >= 0.3 is 0 Å². The highest BCUT2D eigenvalue weighted by Crippen LogP contribution is 2.33. The predicted octanol–water partition coefficient (Wildman–Crippen LogP) is 1.54. The molecule has 3 aromatic rings. The number of nitrogen functional groups attached to an aromatic ring is 2. The normalized spacial score (nSPS) is 11.1. The second-order valence-electron chi connectivity index (χ2n) is 6.08. The minimum Gasteiger partial charge on any atom is -0.385 e. The van der Waals surface area contributed by atoms with Crippen LogP contribution in [0.25, 0.3) is 0 Å². The summed E-state index contributed by atoms with van der Waals surface area (Å²) in [6.07, 6.45) is 0. The van der Waals surface area contributed by atoms with Crippen molar-refractivity contribution >= 4 is 36.1 Å². The lowest BCUT2D eigenvalue weighted by Crippen LogP contribution is -2.30. The Labute approximate surface area is 164 Å². The molecule has 6 N–H and O–H groups in total. The SMILES string of the molecule is Cn1c(N)c(C(c2ccccc2)c2c(N)n(C)c(=S)[nH]c2=O)c(=O)[nH]c1=S. The third-order valence-corrected chi connectivity index (χ3v) is 5.28. The van der Waals surface area contributed by atoms with Crippen LogP contribution in [0.4, 0.5) is 11.6 Å². The average molecular weight is 403 g/mol. The highest BCUT2D eigenvalue weighted by molar-refractivity contribution is 7.71. The van der Waals surface area contributed by atoms with Gasteiger partial charge in [0.15, 0.2) is 9.54 Å². The van der Waals surface area contributed by atoms with Crippen molar-refractivity contribution in [2.24, 2.45) is 14.1 Å². The Bertz CT molecular complexity index is 1170. The van der Waals surface area contributed by atoms with Gasteiger partial charge in [-0.05, 0) is 30.0 Å². The lowest BCUT2D eigenvalue weighted by atomic mass is 9.86. The molecule has 0 unspecified atom stereocenters. The number of aromatic nitrogens is 4. The minimum absolute atomic E-state index is 0.154. The number of nitrogens with zero attached hydrogens (tertiary/aromatic N) is 2. The summed E-state index contributed by atoms with van der Waals surface area (Å²) in [4.78, 5) is 30.7. The number of rotatable bonds is 3. The van der Waals surface area contributed by atoms with E-state index in [-0.39, 0.29) is 32.3 Å². The third-order valence-electron chi connectivity index (χ3n) is 4.52. The smallest absolute Gasteiger partial charge is 0.257 e. The van der Waals surface area contributed by atoms with E-state index < -0.39 is 17.0 Å². The van der Waals surface area contributed by atoms with E-state index in [0.717, 1.165) is 0 Å². The van der Waals surface area contributed by atoms with Crippen molar-refractivity contribution in [1.82, 2.24) is 19.1 Å². The Morgan fingerprint density at radius 2 is 1.26 bits per heavy atom. The van der Waals surface area contributed by atoms with E-state index in [9.17, 15) is 9.59 Å². The van der Waals surface area contributed by atoms with Crippen LogP contribution in [-0.4, -0.2) is 19.1 Å². The zero-order chi connectivity index (χ0) is 19.9. The highest BCUT2D eigenvalue weighted by Gasteiger charge is 2.29. The summed E-state index contributed by atoms with van der Waals surface area (Å²) in [6, 6.07) is 9.04. The molecule has 0 fully saturated rings. The lowest BCUT2D eigenvalue weighted by Gasteiger charge is -2.22. The largest absolute Gasteiger partial charge is 0.385 e. The second-order valence-corrected chi connectivity index (χ2v) is 6.85. The number of hydrogen-bond donors (Lipinski definition) is 4. The van der Waals surface area contributed by atoms with Crippen molar-refractivity contribution in [2.45, 2.75) is 5.92 Å². The average Bonchev–Trinajstić information content (AvgIpc) is 2.64. The molecule has 1 aromatic carbocycles. The molecule has 0 atom stereocenters. The fraction of sp³-hybridized carbons (Fsp3) is 0.176. The van der Waals surface area contributed by atoms with Crippen LogP contribution in [-0.2, 0) is 14.1 Å². The van der Waals surface area contributed by atoms with Gasteiger partial charge in [-0.3, -0.25) is 19.6 Å². The maximum atomic E-state index is 12.8. The van der Waals surface area contributed by atoms with Gasteiger partial charge in [0.05, 0.1) is 17.0 Å². The van der Waals surface area contributed by atoms with E-state index in [1.807, 2.05) is 6.07 Å². The fourth-order valence-electron chi connectivity index (χ4n) is 2.99. The number of aromatic amines is 2. The van der Waals surface area contributed by atoms with E-state index in [4.69, 9.17) is 35.9 Å². The van der Waals surface area contributed by atoms with Crippen LogP contribution < -0.4 is 22.6 Å². The van der Waals surface area contributed by atoms with E-state index in [2.05, 4.69) is 9.97 Å². The molecule has 0 amide bonds. The van der Waals surface area contributed by atoms with Crippen molar-refractivity contribution in [3.05, 3.63) is 77.3 Å². The first-order valence-corrected chi connectivity index (χ1v) is 8.78. The Hall–Kier alpha value is -2.98. The summed E-state index contributed by atoms with van der Waals surface area (Å²) >= 11 is 10.2. The van der Waals surface area contributed by atoms with Crippen molar-refractivity contribution in [1.29, 1.82) is 0 Å². The monoisotopic (exact) mass is 402 g/mol. The standard InChI is InChI=1S/C17H18N6O2S2/c1-22-12(18)10(14(24)20-16(22)26)9(8-6-4-3-5-7-8)11-13(19)23(2)17(27)21-15(11)25/h3-7,9H,18-19H2,1-2H3,(H,20,24,26)(H,21,25,27). The minimum atomic E-state index is -0.803. The van der Waals surface area contributed by atoms with Crippen LogP contribution in [0.3, 0.4) is 0 Å². The Kier molecular flexibility index (Phi) is 4.85. The van der Waals surface area contributed by atoms with Gasteiger partial charge in [-0.15, -0.1) is 0 Å². The number of anilines is 2. The molecule has 8 nitrogen and oxygen atoms in total. The van der Waals surface area contributed by atoms with Gasteiger partial charge in [-0.25, -0.2) is 0 Å². The molecule has 140 valence electrons. The van der Waals surface area contributed by atoms with Crippen LogP contribution in [0.15, 0.2) is 39.9 Å². The molecule has 0 saturated heterocycles. The molecular formula is C17H18N6O2S2. The summed E-state index contributed by atoms with van der Waals surface area (Å²) in [7, 11) is 3.28. The van der Waals surface area contributed by atoms with E-state index >= 15 is 0 Å².